The molecular formula is C21H23NO5S. The third-order valence-corrected chi connectivity index (χ3v) is 7.26. The molecular weight excluding hydrogens is 378 g/mol. The van der Waals surface area contributed by atoms with Crippen molar-refractivity contribution in [2.75, 3.05) is 6.54 Å². The van der Waals surface area contributed by atoms with E-state index in [4.69, 9.17) is 4.74 Å². The lowest BCUT2D eigenvalue weighted by Gasteiger charge is -2.45. The van der Waals surface area contributed by atoms with Gasteiger partial charge in [-0.15, -0.1) is 0 Å². The predicted octanol–water partition coefficient (Wildman–Crippen LogP) is 2.71. The quantitative estimate of drug-likeness (QED) is 0.855. The molecule has 2 atom stereocenters. The minimum absolute atomic E-state index is 0.0379. The summed E-state index contributed by atoms with van der Waals surface area (Å²) in [6.45, 7) is 4.07. The summed E-state index contributed by atoms with van der Waals surface area (Å²) in [6, 6.07) is 12.2. The molecule has 148 valence electrons. The molecule has 0 unspecified atom stereocenters. The van der Waals surface area contributed by atoms with E-state index >= 15 is 0 Å². The molecule has 0 spiro atoms. The number of carbonyl (C=O) groups is 1. The average Bonchev–Trinajstić information content (AvgIpc) is 3.08. The van der Waals surface area contributed by atoms with Gasteiger partial charge in [-0.3, -0.25) is 4.79 Å². The number of likely N-dealkylation sites (tertiary alicyclic amines) is 1. The average molecular weight is 401 g/mol. The second-order valence-electron chi connectivity index (χ2n) is 7.80. The van der Waals surface area contributed by atoms with Crippen LogP contribution < -0.4 is 4.74 Å². The minimum Gasteiger partial charge on any atom is -0.485 e. The maximum absolute atomic E-state index is 13.0. The van der Waals surface area contributed by atoms with Gasteiger partial charge >= 0.3 is 0 Å². The highest BCUT2D eigenvalue weighted by atomic mass is 32.2. The first kappa shape index (κ1) is 19.0. The second kappa shape index (κ2) is 6.60. The summed E-state index contributed by atoms with van der Waals surface area (Å²) < 4.78 is 32.0. The largest absolute Gasteiger partial charge is 0.485 e. The van der Waals surface area contributed by atoms with E-state index in [0.717, 1.165) is 6.42 Å². The molecule has 2 aromatic rings. The molecule has 0 bridgehead atoms. The summed E-state index contributed by atoms with van der Waals surface area (Å²) in [4.78, 5) is 14.4. The van der Waals surface area contributed by atoms with Crippen molar-refractivity contribution >= 4 is 15.7 Å². The lowest BCUT2D eigenvalue weighted by Crippen LogP contribution is -2.53. The zero-order chi connectivity index (χ0) is 20.1. The standard InChI is InChI=1S/C21H23NO5S/c1-21(2)20(24)19(22-12-6-9-18(22)23)16-13-15(10-11-17(16)27-21)28(25,26)14-7-4-3-5-8-14/h3-5,7-8,10-11,13,19-20,24H,6,9,12H2,1-2H3/t19-,20+/m1/s1. The van der Waals surface area contributed by atoms with E-state index < -0.39 is 27.6 Å². The van der Waals surface area contributed by atoms with Gasteiger partial charge in [-0.05, 0) is 50.6 Å². The number of hydrogen-bond donors (Lipinski definition) is 1. The van der Waals surface area contributed by atoms with Crippen LogP contribution in [0.1, 0.15) is 38.3 Å². The number of fused-ring (bicyclic) bond motifs is 1. The summed E-state index contributed by atoms with van der Waals surface area (Å²) >= 11 is 0. The van der Waals surface area contributed by atoms with Crippen molar-refractivity contribution in [3.8, 4) is 5.75 Å². The van der Waals surface area contributed by atoms with Crippen LogP contribution in [-0.2, 0) is 14.6 Å². The summed E-state index contributed by atoms with van der Waals surface area (Å²) in [5, 5.41) is 11.0. The number of aliphatic hydroxyl groups is 1. The van der Waals surface area contributed by atoms with Crippen LogP contribution in [0.4, 0.5) is 0 Å². The zero-order valence-corrected chi connectivity index (χ0v) is 16.6. The van der Waals surface area contributed by atoms with E-state index in [9.17, 15) is 18.3 Å². The third kappa shape index (κ3) is 2.99. The maximum Gasteiger partial charge on any atom is 0.223 e. The lowest BCUT2D eigenvalue weighted by atomic mass is 9.85. The molecule has 28 heavy (non-hydrogen) atoms. The van der Waals surface area contributed by atoms with Crippen LogP contribution in [0.25, 0.3) is 0 Å². The van der Waals surface area contributed by atoms with E-state index in [1.165, 1.54) is 12.1 Å². The maximum atomic E-state index is 13.0. The molecule has 0 radical (unpaired) electrons. The van der Waals surface area contributed by atoms with Gasteiger partial charge in [0.25, 0.3) is 0 Å². The molecule has 1 fully saturated rings. The number of rotatable bonds is 3. The summed E-state index contributed by atoms with van der Waals surface area (Å²) in [6.07, 6.45) is 0.180. The van der Waals surface area contributed by atoms with Gasteiger partial charge in [-0.2, -0.15) is 0 Å². The van der Waals surface area contributed by atoms with Crippen molar-refractivity contribution in [3.63, 3.8) is 0 Å². The molecule has 0 saturated carbocycles. The lowest BCUT2D eigenvalue weighted by molar-refractivity contribution is -0.139. The Hall–Kier alpha value is -2.38. The van der Waals surface area contributed by atoms with Gasteiger partial charge in [-0.1, -0.05) is 18.2 Å². The normalized spacial score (nSPS) is 24.0. The molecule has 0 aliphatic carbocycles. The van der Waals surface area contributed by atoms with Crippen LogP contribution in [-0.4, -0.2) is 42.6 Å². The molecule has 1 amide bonds. The van der Waals surface area contributed by atoms with Gasteiger partial charge < -0.3 is 14.7 Å². The van der Waals surface area contributed by atoms with Gasteiger partial charge in [-0.25, -0.2) is 8.42 Å². The first-order chi connectivity index (χ1) is 13.2. The molecule has 1 saturated heterocycles. The Morgan fingerprint density at radius 2 is 1.82 bits per heavy atom. The first-order valence-electron chi connectivity index (χ1n) is 9.32. The Bertz CT molecular complexity index is 1020. The number of benzene rings is 2. The van der Waals surface area contributed by atoms with Gasteiger partial charge in [0, 0.05) is 18.5 Å². The number of sulfone groups is 1. The Labute approximate surface area is 164 Å². The Kier molecular flexibility index (Phi) is 4.47. The predicted molar refractivity (Wildman–Crippen MR) is 103 cm³/mol. The molecule has 1 N–H and O–H groups in total. The Morgan fingerprint density at radius 3 is 2.46 bits per heavy atom. The number of nitrogens with zero attached hydrogens (tertiary/aromatic N) is 1. The highest BCUT2D eigenvalue weighted by Crippen LogP contribution is 2.45. The zero-order valence-electron chi connectivity index (χ0n) is 15.8. The Morgan fingerprint density at radius 1 is 1.11 bits per heavy atom. The number of aliphatic hydroxyl groups excluding tert-OH is 1. The van der Waals surface area contributed by atoms with Crippen LogP contribution in [0, 0.1) is 0 Å². The first-order valence-corrected chi connectivity index (χ1v) is 10.8. The monoisotopic (exact) mass is 401 g/mol. The highest BCUT2D eigenvalue weighted by Gasteiger charge is 2.47. The van der Waals surface area contributed by atoms with Crippen molar-refractivity contribution in [2.24, 2.45) is 0 Å². The molecule has 4 rings (SSSR count). The number of ether oxygens (including phenoxy) is 1. The van der Waals surface area contributed by atoms with E-state index in [-0.39, 0.29) is 15.7 Å². The molecule has 2 heterocycles. The van der Waals surface area contributed by atoms with Gasteiger partial charge in [0.05, 0.1) is 15.8 Å². The van der Waals surface area contributed by atoms with Crippen LogP contribution in [0.2, 0.25) is 0 Å². The van der Waals surface area contributed by atoms with E-state index in [2.05, 4.69) is 0 Å². The van der Waals surface area contributed by atoms with E-state index in [0.29, 0.717) is 24.3 Å². The summed E-state index contributed by atoms with van der Waals surface area (Å²) in [7, 11) is -3.72. The second-order valence-corrected chi connectivity index (χ2v) is 9.75. The van der Waals surface area contributed by atoms with Gasteiger partial charge in [0.15, 0.2) is 0 Å². The molecule has 6 nitrogen and oxygen atoms in total. The molecule has 7 heteroatoms. The van der Waals surface area contributed by atoms with E-state index in [1.54, 1.807) is 55.1 Å². The number of amides is 1. The van der Waals surface area contributed by atoms with Crippen LogP contribution in [0.5, 0.6) is 5.75 Å². The van der Waals surface area contributed by atoms with Crippen molar-refractivity contribution in [3.05, 3.63) is 54.1 Å². The van der Waals surface area contributed by atoms with Crippen molar-refractivity contribution in [1.29, 1.82) is 0 Å². The number of hydrogen-bond acceptors (Lipinski definition) is 5. The Balaban J connectivity index is 1.85. The van der Waals surface area contributed by atoms with Crippen LogP contribution >= 0.6 is 0 Å². The number of carbonyl (C=O) groups excluding carboxylic acids is 1. The van der Waals surface area contributed by atoms with Crippen molar-refractivity contribution in [2.45, 2.75) is 54.2 Å². The fourth-order valence-corrected chi connectivity index (χ4v) is 5.27. The fraction of sp³-hybridized carbons (Fsp3) is 0.381. The van der Waals surface area contributed by atoms with Crippen molar-refractivity contribution < 1.29 is 23.1 Å². The summed E-state index contributed by atoms with van der Waals surface area (Å²) in [5.41, 5.74) is -0.375. The molecule has 2 aliphatic rings. The molecule has 2 aliphatic heterocycles. The smallest absolute Gasteiger partial charge is 0.223 e. The summed E-state index contributed by atoms with van der Waals surface area (Å²) in [5.74, 6) is 0.455. The third-order valence-electron chi connectivity index (χ3n) is 5.49. The van der Waals surface area contributed by atoms with Gasteiger partial charge in [0.2, 0.25) is 15.7 Å². The molecule has 0 aromatic heterocycles. The van der Waals surface area contributed by atoms with Crippen LogP contribution in [0.15, 0.2) is 58.3 Å². The van der Waals surface area contributed by atoms with Gasteiger partial charge in [0.1, 0.15) is 17.5 Å². The minimum atomic E-state index is -3.72. The van der Waals surface area contributed by atoms with Crippen molar-refractivity contribution in [1.82, 2.24) is 4.90 Å². The van der Waals surface area contributed by atoms with Crippen LogP contribution in [0.3, 0.4) is 0 Å². The fourth-order valence-electron chi connectivity index (χ4n) is 3.95. The highest BCUT2D eigenvalue weighted by molar-refractivity contribution is 7.91. The SMILES string of the molecule is CC1(C)Oc2ccc(S(=O)(=O)c3ccccc3)cc2[C@@H](N2CCCC2=O)[C@@H]1O. The molecule has 2 aromatic carbocycles. The van der Waals surface area contributed by atoms with E-state index in [1.807, 2.05) is 0 Å². The topological polar surface area (TPSA) is 83.9 Å².